The largest absolute Gasteiger partial charge is 0.340 e. The van der Waals surface area contributed by atoms with Gasteiger partial charge in [-0.1, -0.05) is 73.7 Å². The molecule has 0 aliphatic carbocycles. The summed E-state index contributed by atoms with van der Waals surface area (Å²) >= 11 is 0. The van der Waals surface area contributed by atoms with Crippen LogP contribution in [-0.2, 0) is 29.3 Å². The molecule has 0 bridgehead atoms. The number of hydrogen-bond acceptors (Lipinski definition) is 2. The van der Waals surface area contributed by atoms with Gasteiger partial charge in [-0.05, 0) is 46.2 Å². The highest BCUT2D eigenvalue weighted by Gasteiger charge is 2.10. The maximum absolute atomic E-state index is 5.11. The monoisotopic (exact) mass is 371 g/mol. The van der Waals surface area contributed by atoms with Crippen LogP contribution in [-0.4, -0.2) is 11.7 Å². The summed E-state index contributed by atoms with van der Waals surface area (Å²) in [6.07, 6.45) is 1.00. The molecule has 0 saturated carbocycles. The number of rotatable bonds is 7. The number of fused-ring (bicyclic) bond motifs is 1. The predicted octanol–water partition coefficient (Wildman–Crippen LogP) is 6.00. The standard InChI is InChI=1S/C25H25NO2/c1-3-24-16-23-14-11-20(18-28-27-2)15-25(23)26(24)17-19-9-12-22(13-10-19)21-7-5-4-6-8-21/h4-16H,3,17-18H2,1-2H3. The molecule has 142 valence electrons. The first-order chi connectivity index (χ1) is 13.8. The minimum atomic E-state index is 0.449. The quantitative estimate of drug-likeness (QED) is 0.294. The Morgan fingerprint density at radius 2 is 1.50 bits per heavy atom. The van der Waals surface area contributed by atoms with Crippen molar-refractivity contribution in [1.82, 2.24) is 4.57 Å². The van der Waals surface area contributed by atoms with Crippen LogP contribution in [0.1, 0.15) is 23.7 Å². The fraction of sp³-hybridized carbons (Fsp3) is 0.200. The van der Waals surface area contributed by atoms with Crippen molar-refractivity contribution in [3.8, 4) is 11.1 Å². The Hall–Kier alpha value is -2.88. The molecular formula is C25H25NO2. The van der Waals surface area contributed by atoms with Gasteiger partial charge in [0, 0.05) is 17.8 Å². The second-order valence-electron chi connectivity index (χ2n) is 6.96. The zero-order valence-corrected chi connectivity index (χ0v) is 16.4. The molecule has 4 rings (SSSR count). The van der Waals surface area contributed by atoms with Crippen LogP contribution in [0.15, 0.2) is 78.9 Å². The van der Waals surface area contributed by atoms with Crippen molar-refractivity contribution < 1.29 is 9.78 Å². The van der Waals surface area contributed by atoms with Crippen molar-refractivity contribution in [3.63, 3.8) is 0 Å². The first kappa shape index (κ1) is 18.5. The van der Waals surface area contributed by atoms with Gasteiger partial charge in [0.15, 0.2) is 0 Å². The predicted molar refractivity (Wildman–Crippen MR) is 114 cm³/mol. The molecule has 0 saturated heterocycles. The third-order valence-corrected chi connectivity index (χ3v) is 5.16. The lowest BCUT2D eigenvalue weighted by Gasteiger charge is -2.12. The van der Waals surface area contributed by atoms with Crippen molar-refractivity contribution in [1.29, 1.82) is 0 Å². The Bertz CT molecular complexity index is 1050. The summed E-state index contributed by atoms with van der Waals surface area (Å²) in [5.74, 6) is 0. The lowest BCUT2D eigenvalue weighted by atomic mass is 10.0. The van der Waals surface area contributed by atoms with Crippen LogP contribution in [0.3, 0.4) is 0 Å². The van der Waals surface area contributed by atoms with Gasteiger partial charge < -0.3 is 4.57 Å². The van der Waals surface area contributed by atoms with Crippen LogP contribution in [0, 0.1) is 0 Å². The Morgan fingerprint density at radius 1 is 0.786 bits per heavy atom. The molecule has 3 nitrogen and oxygen atoms in total. The smallest absolute Gasteiger partial charge is 0.107 e. The van der Waals surface area contributed by atoms with E-state index in [1.807, 2.05) is 6.07 Å². The fourth-order valence-electron chi connectivity index (χ4n) is 3.67. The Labute approximate surface area is 166 Å². The van der Waals surface area contributed by atoms with Crippen molar-refractivity contribution in [3.05, 3.63) is 95.7 Å². The normalized spacial score (nSPS) is 11.2. The van der Waals surface area contributed by atoms with E-state index in [4.69, 9.17) is 9.78 Å². The molecule has 1 aromatic heterocycles. The van der Waals surface area contributed by atoms with Crippen molar-refractivity contribution in [2.24, 2.45) is 0 Å². The number of aromatic nitrogens is 1. The third kappa shape index (κ3) is 3.86. The van der Waals surface area contributed by atoms with Crippen LogP contribution in [0.2, 0.25) is 0 Å². The second-order valence-corrected chi connectivity index (χ2v) is 6.96. The molecule has 0 aliphatic rings. The van der Waals surface area contributed by atoms with Gasteiger partial charge in [0.05, 0.1) is 7.11 Å². The van der Waals surface area contributed by atoms with E-state index >= 15 is 0 Å². The minimum Gasteiger partial charge on any atom is -0.340 e. The van der Waals surface area contributed by atoms with Gasteiger partial charge >= 0.3 is 0 Å². The highest BCUT2D eigenvalue weighted by molar-refractivity contribution is 5.82. The molecule has 0 fully saturated rings. The van der Waals surface area contributed by atoms with E-state index in [9.17, 15) is 0 Å². The molecule has 0 N–H and O–H groups in total. The lowest BCUT2D eigenvalue weighted by molar-refractivity contribution is -0.282. The third-order valence-electron chi connectivity index (χ3n) is 5.16. The van der Waals surface area contributed by atoms with Crippen molar-refractivity contribution in [2.75, 3.05) is 7.11 Å². The van der Waals surface area contributed by atoms with Gasteiger partial charge in [-0.15, -0.1) is 0 Å². The lowest BCUT2D eigenvalue weighted by Crippen LogP contribution is -2.04. The molecule has 0 radical (unpaired) electrons. The second kappa shape index (κ2) is 8.42. The summed E-state index contributed by atoms with van der Waals surface area (Å²) in [6, 6.07) is 28.1. The Balaban J connectivity index is 1.64. The molecule has 0 unspecified atom stereocenters. The molecule has 0 aliphatic heterocycles. The molecule has 28 heavy (non-hydrogen) atoms. The number of benzene rings is 3. The fourth-order valence-corrected chi connectivity index (χ4v) is 3.67. The molecule has 3 aromatic carbocycles. The summed E-state index contributed by atoms with van der Waals surface area (Å²) in [4.78, 5) is 9.86. The van der Waals surface area contributed by atoms with Crippen molar-refractivity contribution in [2.45, 2.75) is 26.5 Å². The van der Waals surface area contributed by atoms with Crippen LogP contribution in [0.5, 0.6) is 0 Å². The van der Waals surface area contributed by atoms with E-state index < -0.39 is 0 Å². The first-order valence-electron chi connectivity index (χ1n) is 9.69. The molecule has 0 atom stereocenters. The first-order valence-corrected chi connectivity index (χ1v) is 9.69. The zero-order valence-electron chi connectivity index (χ0n) is 16.4. The van der Waals surface area contributed by atoms with Gasteiger partial charge in [-0.25, -0.2) is 9.78 Å². The summed E-state index contributed by atoms with van der Waals surface area (Å²) in [7, 11) is 1.54. The Kier molecular flexibility index (Phi) is 5.56. The van der Waals surface area contributed by atoms with E-state index in [1.165, 1.54) is 40.4 Å². The average molecular weight is 371 g/mol. The number of hydrogen-bond donors (Lipinski definition) is 0. The summed E-state index contributed by atoms with van der Waals surface area (Å²) in [5, 5.41) is 1.26. The number of aryl methyl sites for hydroxylation is 1. The maximum Gasteiger partial charge on any atom is 0.107 e. The highest BCUT2D eigenvalue weighted by Crippen LogP contribution is 2.25. The maximum atomic E-state index is 5.11. The molecule has 4 aromatic rings. The van der Waals surface area contributed by atoms with Crippen LogP contribution in [0.4, 0.5) is 0 Å². The van der Waals surface area contributed by atoms with E-state index in [1.54, 1.807) is 0 Å². The van der Waals surface area contributed by atoms with Crippen LogP contribution in [0.25, 0.3) is 22.0 Å². The molecular weight excluding hydrogens is 346 g/mol. The van der Waals surface area contributed by atoms with Gasteiger partial charge in [0.1, 0.15) is 6.61 Å². The van der Waals surface area contributed by atoms with E-state index in [-0.39, 0.29) is 0 Å². The summed E-state index contributed by atoms with van der Waals surface area (Å²) in [6.45, 7) is 3.51. The summed E-state index contributed by atoms with van der Waals surface area (Å²) < 4.78 is 2.41. The topological polar surface area (TPSA) is 23.4 Å². The van der Waals surface area contributed by atoms with E-state index in [2.05, 4.69) is 84.3 Å². The molecule has 0 spiro atoms. The summed E-state index contributed by atoms with van der Waals surface area (Å²) in [5.41, 5.74) is 7.48. The van der Waals surface area contributed by atoms with E-state index in [0.29, 0.717) is 6.61 Å². The van der Waals surface area contributed by atoms with E-state index in [0.717, 1.165) is 18.5 Å². The van der Waals surface area contributed by atoms with Gasteiger partial charge in [0.25, 0.3) is 0 Å². The van der Waals surface area contributed by atoms with Gasteiger partial charge in [-0.2, -0.15) is 0 Å². The highest BCUT2D eigenvalue weighted by atomic mass is 17.2. The van der Waals surface area contributed by atoms with Gasteiger partial charge in [0.2, 0.25) is 0 Å². The van der Waals surface area contributed by atoms with Crippen molar-refractivity contribution >= 4 is 10.9 Å². The molecule has 3 heteroatoms. The number of nitrogens with zero attached hydrogens (tertiary/aromatic N) is 1. The molecule has 1 heterocycles. The zero-order chi connectivity index (χ0) is 19.3. The SMILES string of the molecule is CCc1cc2ccc(COOC)cc2n1Cc1ccc(-c2ccccc2)cc1. The van der Waals surface area contributed by atoms with Crippen LogP contribution < -0.4 is 0 Å². The van der Waals surface area contributed by atoms with Crippen LogP contribution >= 0.6 is 0 Å². The Morgan fingerprint density at radius 3 is 2.21 bits per heavy atom. The minimum absolute atomic E-state index is 0.449. The van der Waals surface area contributed by atoms with Gasteiger partial charge in [-0.3, -0.25) is 0 Å². The average Bonchev–Trinajstić information content (AvgIpc) is 3.10. The molecule has 0 amide bonds.